The average molecular weight is 314 g/mol. The van der Waals surface area contributed by atoms with Gasteiger partial charge in [-0.2, -0.15) is 0 Å². The molecule has 1 aromatic rings. The number of halogens is 2. The topological polar surface area (TPSA) is 46.6 Å². The zero-order valence-corrected chi connectivity index (χ0v) is 12.5. The van der Waals surface area contributed by atoms with Crippen LogP contribution >= 0.6 is 11.6 Å². The summed E-state index contributed by atoms with van der Waals surface area (Å²) in [4.78, 5) is 25.7. The molecular weight excluding hydrogens is 297 g/mol. The van der Waals surface area contributed by atoms with Crippen LogP contribution in [0.2, 0.25) is 5.02 Å². The lowest BCUT2D eigenvalue weighted by Gasteiger charge is -2.31. The smallest absolute Gasteiger partial charge is 0.310 e. The van der Waals surface area contributed by atoms with Crippen molar-refractivity contribution >= 4 is 23.5 Å². The summed E-state index contributed by atoms with van der Waals surface area (Å²) in [5, 5.41) is -0.0189. The van der Waals surface area contributed by atoms with Gasteiger partial charge in [0.15, 0.2) is 0 Å². The van der Waals surface area contributed by atoms with Crippen LogP contribution in [0.4, 0.5) is 4.39 Å². The number of carbonyl (C=O) groups is 2. The molecule has 0 spiro atoms. The molecule has 1 aliphatic heterocycles. The zero-order valence-electron chi connectivity index (χ0n) is 11.8. The molecule has 4 nitrogen and oxygen atoms in total. The SMILES string of the molecule is CCOC(=O)C1CCCN(C(=O)c2ccc(Cl)c(F)c2)C1. The first-order chi connectivity index (χ1) is 10.0. The Bertz CT molecular complexity index is 550. The van der Waals surface area contributed by atoms with E-state index in [9.17, 15) is 14.0 Å². The minimum Gasteiger partial charge on any atom is -0.466 e. The number of ether oxygens (including phenoxy) is 1. The largest absolute Gasteiger partial charge is 0.466 e. The van der Waals surface area contributed by atoms with Gasteiger partial charge >= 0.3 is 5.97 Å². The first-order valence-electron chi connectivity index (χ1n) is 6.94. The third kappa shape index (κ3) is 3.73. The fourth-order valence-corrected chi connectivity index (χ4v) is 2.54. The van der Waals surface area contributed by atoms with Crippen LogP contribution in [0.5, 0.6) is 0 Å². The molecule has 6 heteroatoms. The summed E-state index contributed by atoms with van der Waals surface area (Å²) < 4.78 is 18.4. The Kier molecular flexibility index (Phi) is 5.17. The molecule has 0 aliphatic carbocycles. The van der Waals surface area contributed by atoms with E-state index in [4.69, 9.17) is 16.3 Å². The summed E-state index contributed by atoms with van der Waals surface area (Å²) in [6.45, 7) is 2.94. The molecule has 1 heterocycles. The summed E-state index contributed by atoms with van der Waals surface area (Å²) in [5.41, 5.74) is 0.237. The van der Waals surface area contributed by atoms with Gasteiger partial charge in [-0.3, -0.25) is 9.59 Å². The second kappa shape index (κ2) is 6.89. The lowest BCUT2D eigenvalue weighted by Crippen LogP contribution is -2.42. The fraction of sp³-hybridized carbons (Fsp3) is 0.467. The minimum atomic E-state index is -0.624. The highest BCUT2D eigenvalue weighted by Crippen LogP contribution is 2.22. The van der Waals surface area contributed by atoms with Crippen molar-refractivity contribution in [2.24, 2.45) is 5.92 Å². The predicted octanol–water partition coefficient (Wildman–Crippen LogP) is 2.89. The molecule has 0 N–H and O–H groups in total. The van der Waals surface area contributed by atoms with Crippen LogP contribution in [0.1, 0.15) is 30.1 Å². The molecule has 1 aromatic carbocycles. The Labute approximate surface area is 127 Å². The number of nitrogens with zero attached hydrogens (tertiary/aromatic N) is 1. The van der Waals surface area contributed by atoms with Gasteiger partial charge in [-0.25, -0.2) is 4.39 Å². The average Bonchev–Trinajstić information content (AvgIpc) is 2.49. The molecule has 21 heavy (non-hydrogen) atoms. The van der Waals surface area contributed by atoms with Gasteiger partial charge in [-0.15, -0.1) is 0 Å². The van der Waals surface area contributed by atoms with Crippen molar-refractivity contribution in [2.45, 2.75) is 19.8 Å². The molecule has 1 fully saturated rings. The Morgan fingerprint density at radius 1 is 1.48 bits per heavy atom. The molecule has 114 valence electrons. The van der Waals surface area contributed by atoms with Crippen molar-refractivity contribution < 1.29 is 18.7 Å². The Morgan fingerprint density at radius 2 is 2.24 bits per heavy atom. The van der Waals surface area contributed by atoms with E-state index in [0.29, 0.717) is 26.1 Å². The lowest BCUT2D eigenvalue weighted by atomic mass is 9.97. The fourth-order valence-electron chi connectivity index (χ4n) is 2.43. The van der Waals surface area contributed by atoms with Gasteiger partial charge in [0.25, 0.3) is 5.91 Å². The maximum absolute atomic E-state index is 13.4. The molecule has 2 rings (SSSR count). The van der Waals surface area contributed by atoms with E-state index in [2.05, 4.69) is 0 Å². The number of amides is 1. The van der Waals surface area contributed by atoms with E-state index < -0.39 is 5.82 Å². The van der Waals surface area contributed by atoms with Crippen LogP contribution in [0.3, 0.4) is 0 Å². The second-order valence-corrected chi connectivity index (χ2v) is 5.38. The maximum Gasteiger partial charge on any atom is 0.310 e. The summed E-state index contributed by atoms with van der Waals surface area (Å²) >= 11 is 5.61. The first kappa shape index (κ1) is 15.8. The van der Waals surface area contributed by atoms with Crippen molar-refractivity contribution in [1.82, 2.24) is 4.90 Å². The molecule has 0 aromatic heterocycles. The van der Waals surface area contributed by atoms with Crippen LogP contribution in [0.15, 0.2) is 18.2 Å². The predicted molar refractivity (Wildman–Crippen MR) is 76.7 cm³/mol. The van der Waals surface area contributed by atoms with Crippen LogP contribution in [-0.4, -0.2) is 36.5 Å². The minimum absolute atomic E-state index is 0.0189. The number of carbonyl (C=O) groups excluding carboxylic acids is 2. The number of piperidine rings is 1. The van der Waals surface area contributed by atoms with Gasteiger partial charge < -0.3 is 9.64 Å². The standard InChI is InChI=1S/C15H17ClFNO3/c1-2-21-15(20)11-4-3-7-18(9-11)14(19)10-5-6-12(16)13(17)8-10/h5-6,8,11H,2-4,7,9H2,1H3. The molecule has 1 aliphatic rings. The van der Waals surface area contributed by atoms with Gasteiger partial charge in [0, 0.05) is 18.7 Å². The van der Waals surface area contributed by atoms with Crippen molar-refractivity contribution in [3.05, 3.63) is 34.6 Å². The van der Waals surface area contributed by atoms with Crippen molar-refractivity contribution in [2.75, 3.05) is 19.7 Å². The molecule has 1 saturated heterocycles. The van der Waals surface area contributed by atoms with E-state index in [0.717, 1.165) is 12.5 Å². The van der Waals surface area contributed by atoms with Crippen molar-refractivity contribution in [3.8, 4) is 0 Å². The highest BCUT2D eigenvalue weighted by Gasteiger charge is 2.29. The Hall–Kier alpha value is -1.62. The number of likely N-dealkylation sites (tertiary alicyclic amines) is 1. The number of hydrogen-bond acceptors (Lipinski definition) is 3. The van der Waals surface area contributed by atoms with Crippen LogP contribution in [0, 0.1) is 11.7 Å². The highest BCUT2D eigenvalue weighted by atomic mass is 35.5. The molecule has 0 saturated carbocycles. The molecule has 1 atom stereocenters. The maximum atomic E-state index is 13.4. The third-order valence-corrected chi connectivity index (χ3v) is 3.80. The molecule has 0 radical (unpaired) electrons. The van der Waals surface area contributed by atoms with Crippen molar-refractivity contribution in [1.29, 1.82) is 0 Å². The van der Waals surface area contributed by atoms with E-state index in [1.807, 2.05) is 0 Å². The van der Waals surface area contributed by atoms with Crippen molar-refractivity contribution in [3.63, 3.8) is 0 Å². The normalized spacial score (nSPS) is 18.4. The van der Waals surface area contributed by atoms with Gasteiger partial charge in [-0.05, 0) is 38.0 Å². The third-order valence-electron chi connectivity index (χ3n) is 3.50. The van der Waals surface area contributed by atoms with Crippen LogP contribution in [-0.2, 0) is 9.53 Å². The number of hydrogen-bond donors (Lipinski definition) is 0. The van der Waals surface area contributed by atoms with E-state index >= 15 is 0 Å². The Morgan fingerprint density at radius 3 is 2.90 bits per heavy atom. The van der Waals surface area contributed by atoms with Gasteiger partial charge in [0.2, 0.25) is 0 Å². The Balaban J connectivity index is 2.08. The zero-order chi connectivity index (χ0) is 15.4. The van der Waals surface area contributed by atoms with Gasteiger partial charge in [0.05, 0.1) is 17.5 Å². The van der Waals surface area contributed by atoms with E-state index in [1.165, 1.54) is 12.1 Å². The number of benzene rings is 1. The van der Waals surface area contributed by atoms with E-state index in [1.54, 1.807) is 11.8 Å². The summed E-state index contributed by atoms with van der Waals surface area (Å²) in [6, 6.07) is 3.97. The van der Waals surface area contributed by atoms with Crippen LogP contribution < -0.4 is 0 Å². The molecule has 1 amide bonds. The quantitative estimate of drug-likeness (QED) is 0.806. The number of esters is 1. The van der Waals surface area contributed by atoms with Gasteiger partial charge in [-0.1, -0.05) is 11.6 Å². The monoisotopic (exact) mass is 313 g/mol. The summed E-state index contributed by atoms with van der Waals surface area (Å²) in [7, 11) is 0. The molecular formula is C15H17ClFNO3. The number of rotatable bonds is 3. The second-order valence-electron chi connectivity index (χ2n) is 4.97. The van der Waals surface area contributed by atoms with Gasteiger partial charge in [0.1, 0.15) is 5.82 Å². The first-order valence-corrected chi connectivity index (χ1v) is 7.31. The molecule has 0 bridgehead atoms. The lowest BCUT2D eigenvalue weighted by molar-refractivity contribution is -0.149. The molecule has 1 unspecified atom stereocenters. The highest BCUT2D eigenvalue weighted by molar-refractivity contribution is 6.30. The summed E-state index contributed by atoms with van der Waals surface area (Å²) in [6.07, 6.45) is 1.43. The van der Waals surface area contributed by atoms with E-state index in [-0.39, 0.29) is 28.4 Å². The van der Waals surface area contributed by atoms with Crippen LogP contribution in [0.25, 0.3) is 0 Å². The summed E-state index contributed by atoms with van der Waals surface area (Å²) in [5.74, 6) is -1.50.